The van der Waals surface area contributed by atoms with Crippen LogP contribution in [0.2, 0.25) is 0 Å². The van der Waals surface area contributed by atoms with Gasteiger partial charge in [-0.15, -0.1) is 11.3 Å². The van der Waals surface area contributed by atoms with E-state index < -0.39 is 0 Å². The van der Waals surface area contributed by atoms with E-state index in [1.165, 1.54) is 15.6 Å². The van der Waals surface area contributed by atoms with E-state index in [0.29, 0.717) is 0 Å². The molecule has 0 spiro atoms. The van der Waals surface area contributed by atoms with E-state index in [1.54, 1.807) is 23.5 Å². The molecule has 0 N–H and O–H groups in total. The summed E-state index contributed by atoms with van der Waals surface area (Å²) in [5, 5.41) is 3.45. The molecule has 3 rings (SSSR count). The zero-order chi connectivity index (χ0) is 14.3. The summed E-state index contributed by atoms with van der Waals surface area (Å²) in [6.07, 6.45) is 0. The summed E-state index contributed by atoms with van der Waals surface area (Å²) >= 11 is 5.55. The third-order valence-electron chi connectivity index (χ3n) is 3.60. The SMILES string of the molecule is Cc1cc(F)cc(C)c1C(Br)c1csc2ccccc12. The van der Waals surface area contributed by atoms with Crippen LogP contribution in [-0.2, 0) is 0 Å². The minimum atomic E-state index is -0.168. The normalized spacial score (nSPS) is 12.8. The number of hydrogen-bond donors (Lipinski definition) is 0. The molecule has 1 heterocycles. The maximum atomic E-state index is 13.5. The molecule has 1 aromatic heterocycles. The van der Waals surface area contributed by atoms with Crippen LogP contribution in [0.1, 0.15) is 27.1 Å². The van der Waals surface area contributed by atoms with Crippen molar-refractivity contribution in [1.29, 1.82) is 0 Å². The highest BCUT2D eigenvalue weighted by atomic mass is 79.9. The van der Waals surface area contributed by atoms with Crippen molar-refractivity contribution in [3.8, 4) is 0 Å². The molecule has 0 aliphatic carbocycles. The third kappa shape index (κ3) is 2.29. The molecule has 0 bridgehead atoms. The number of halogens is 2. The van der Waals surface area contributed by atoms with Gasteiger partial charge in [-0.3, -0.25) is 0 Å². The molecule has 0 saturated carbocycles. The fraction of sp³-hybridized carbons (Fsp3) is 0.176. The average molecular weight is 349 g/mol. The minimum Gasteiger partial charge on any atom is -0.207 e. The molecular weight excluding hydrogens is 335 g/mol. The zero-order valence-electron chi connectivity index (χ0n) is 11.3. The first-order valence-electron chi connectivity index (χ1n) is 6.45. The standard InChI is InChI=1S/C17H14BrFS/c1-10-7-12(19)8-11(2)16(10)17(18)14-9-20-15-6-4-3-5-13(14)15/h3-9,17H,1-2H3. The molecule has 3 aromatic rings. The van der Waals surface area contributed by atoms with Gasteiger partial charge in [-0.05, 0) is 65.1 Å². The van der Waals surface area contributed by atoms with Crippen LogP contribution in [0.15, 0.2) is 41.8 Å². The molecule has 0 nitrogen and oxygen atoms in total. The second-order valence-electron chi connectivity index (χ2n) is 5.00. The molecule has 0 saturated heterocycles. The van der Waals surface area contributed by atoms with Gasteiger partial charge in [0.15, 0.2) is 0 Å². The second-order valence-corrected chi connectivity index (χ2v) is 6.83. The first-order chi connectivity index (χ1) is 9.58. The molecule has 0 aliphatic rings. The molecule has 0 radical (unpaired) electrons. The molecule has 2 aromatic carbocycles. The summed E-state index contributed by atoms with van der Waals surface area (Å²) in [6, 6.07) is 11.6. The van der Waals surface area contributed by atoms with Crippen LogP contribution in [0.3, 0.4) is 0 Å². The van der Waals surface area contributed by atoms with E-state index in [4.69, 9.17) is 0 Å². The summed E-state index contributed by atoms with van der Waals surface area (Å²) in [6.45, 7) is 3.93. The Bertz CT molecular complexity index is 753. The number of hydrogen-bond acceptors (Lipinski definition) is 1. The van der Waals surface area contributed by atoms with Gasteiger partial charge in [0.05, 0.1) is 4.83 Å². The van der Waals surface area contributed by atoms with E-state index in [-0.39, 0.29) is 10.6 Å². The number of thiophene rings is 1. The summed E-state index contributed by atoms with van der Waals surface area (Å²) in [5.41, 5.74) is 4.39. The zero-order valence-corrected chi connectivity index (χ0v) is 13.7. The Balaban J connectivity index is 2.16. The first-order valence-corrected chi connectivity index (χ1v) is 8.24. The lowest BCUT2D eigenvalue weighted by molar-refractivity contribution is 0.624. The van der Waals surface area contributed by atoms with Crippen molar-refractivity contribution in [2.45, 2.75) is 18.7 Å². The van der Waals surface area contributed by atoms with Crippen LogP contribution in [0.5, 0.6) is 0 Å². The molecule has 1 atom stereocenters. The van der Waals surface area contributed by atoms with Gasteiger partial charge in [-0.25, -0.2) is 4.39 Å². The quantitative estimate of drug-likeness (QED) is 0.487. The maximum absolute atomic E-state index is 13.5. The van der Waals surface area contributed by atoms with Gasteiger partial charge >= 0.3 is 0 Å². The maximum Gasteiger partial charge on any atom is 0.123 e. The van der Waals surface area contributed by atoms with Crippen molar-refractivity contribution >= 4 is 37.4 Å². The van der Waals surface area contributed by atoms with Crippen LogP contribution in [0.4, 0.5) is 4.39 Å². The lowest BCUT2D eigenvalue weighted by Gasteiger charge is -2.16. The summed E-state index contributed by atoms with van der Waals surface area (Å²) in [7, 11) is 0. The Morgan fingerprint density at radius 2 is 1.75 bits per heavy atom. The molecular formula is C17H14BrFS. The van der Waals surface area contributed by atoms with Crippen LogP contribution in [0.25, 0.3) is 10.1 Å². The van der Waals surface area contributed by atoms with E-state index in [0.717, 1.165) is 16.7 Å². The first kappa shape index (κ1) is 13.8. The minimum absolute atomic E-state index is 0.0965. The number of fused-ring (bicyclic) bond motifs is 1. The van der Waals surface area contributed by atoms with Gasteiger partial charge < -0.3 is 0 Å². The Morgan fingerprint density at radius 1 is 1.10 bits per heavy atom. The Morgan fingerprint density at radius 3 is 2.45 bits per heavy atom. The van der Waals surface area contributed by atoms with Gasteiger partial charge in [0.25, 0.3) is 0 Å². The van der Waals surface area contributed by atoms with E-state index in [2.05, 4.69) is 45.6 Å². The Hall–Kier alpha value is -1.19. The van der Waals surface area contributed by atoms with Gasteiger partial charge in [-0.1, -0.05) is 34.1 Å². The van der Waals surface area contributed by atoms with Gasteiger partial charge in [0, 0.05) is 4.70 Å². The smallest absolute Gasteiger partial charge is 0.123 e. The predicted octanol–water partition coefficient (Wildman–Crippen LogP) is 6.14. The van der Waals surface area contributed by atoms with Crippen molar-refractivity contribution in [1.82, 2.24) is 0 Å². The number of benzene rings is 2. The van der Waals surface area contributed by atoms with Crippen molar-refractivity contribution in [3.63, 3.8) is 0 Å². The van der Waals surface area contributed by atoms with Crippen molar-refractivity contribution in [2.75, 3.05) is 0 Å². The van der Waals surface area contributed by atoms with Crippen molar-refractivity contribution < 1.29 is 4.39 Å². The molecule has 102 valence electrons. The Labute approximate surface area is 130 Å². The van der Waals surface area contributed by atoms with Crippen LogP contribution >= 0.6 is 27.3 Å². The topological polar surface area (TPSA) is 0 Å². The van der Waals surface area contributed by atoms with E-state index in [1.807, 2.05) is 13.8 Å². The fourth-order valence-electron chi connectivity index (χ4n) is 2.67. The summed E-state index contributed by atoms with van der Waals surface area (Å²) < 4.78 is 14.7. The molecule has 3 heteroatoms. The molecule has 0 aliphatic heterocycles. The number of aryl methyl sites for hydroxylation is 2. The van der Waals surface area contributed by atoms with Gasteiger partial charge in [0.2, 0.25) is 0 Å². The highest BCUT2D eigenvalue weighted by molar-refractivity contribution is 9.09. The third-order valence-corrected chi connectivity index (χ3v) is 5.53. The lowest BCUT2D eigenvalue weighted by Crippen LogP contribution is -1.99. The van der Waals surface area contributed by atoms with Crippen LogP contribution in [0, 0.1) is 19.7 Å². The molecule has 1 unspecified atom stereocenters. The Kier molecular flexibility index (Phi) is 3.65. The fourth-order valence-corrected chi connectivity index (χ4v) is 4.93. The molecule has 20 heavy (non-hydrogen) atoms. The predicted molar refractivity (Wildman–Crippen MR) is 88.5 cm³/mol. The van der Waals surface area contributed by atoms with Gasteiger partial charge in [-0.2, -0.15) is 0 Å². The van der Waals surface area contributed by atoms with Crippen LogP contribution in [-0.4, -0.2) is 0 Å². The summed E-state index contributed by atoms with van der Waals surface area (Å²) in [4.78, 5) is 0.0965. The lowest BCUT2D eigenvalue weighted by atomic mass is 9.95. The van der Waals surface area contributed by atoms with E-state index >= 15 is 0 Å². The van der Waals surface area contributed by atoms with Crippen LogP contribution < -0.4 is 0 Å². The number of alkyl halides is 1. The summed E-state index contributed by atoms with van der Waals surface area (Å²) in [5.74, 6) is -0.168. The average Bonchev–Trinajstić information content (AvgIpc) is 2.81. The van der Waals surface area contributed by atoms with Crippen molar-refractivity contribution in [2.24, 2.45) is 0 Å². The largest absolute Gasteiger partial charge is 0.207 e. The highest BCUT2D eigenvalue weighted by Crippen LogP contribution is 2.41. The highest BCUT2D eigenvalue weighted by Gasteiger charge is 2.19. The monoisotopic (exact) mass is 348 g/mol. The molecule has 0 amide bonds. The van der Waals surface area contributed by atoms with E-state index in [9.17, 15) is 4.39 Å². The second kappa shape index (κ2) is 5.30. The number of rotatable bonds is 2. The molecule has 0 fully saturated rings. The van der Waals surface area contributed by atoms with Crippen molar-refractivity contribution in [3.05, 3.63) is 69.8 Å². The van der Waals surface area contributed by atoms with Gasteiger partial charge in [0.1, 0.15) is 5.82 Å².